The van der Waals surface area contributed by atoms with Crippen molar-refractivity contribution < 1.29 is 19.1 Å². The zero-order chi connectivity index (χ0) is 27.6. The van der Waals surface area contributed by atoms with E-state index in [0.29, 0.717) is 24.5 Å². The van der Waals surface area contributed by atoms with Gasteiger partial charge in [-0.05, 0) is 40.6 Å². The molecule has 0 unspecified atom stereocenters. The second-order valence-electron chi connectivity index (χ2n) is 9.98. The highest BCUT2D eigenvalue weighted by molar-refractivity contribution is 5.90. The summed E-state index contributed by atoms with van der Waals surface area (Å²) in [6.07, 6.45) is 0.384. The van der Waals surface area contributed by atoms with E-state index in [0.717, 1.165) is 21.9 Å². The van der Waals surface area contributed by atoms with Gasteiger partial charge in [-0.3, -0.25) is 9.59 Å². The molecule has 0 saturated heterocycles. The van der Waals surface area contributed by atoms with Crippen LogP contribution in [0.3, 0.4) is 0 Å². The molecule has 0 fully saturated rings. The molecule has 6 heteroatoms. The average molecular weight is 525 g/mol. The van der Waals surface area contributed by atoms with E-state index in [9.17, 15) is 9.59 Å². The second kappa shape index (κ2) is 13.5. The van der Waals surface area contributed by atoms with Crippen LogP contribution in [-0.2, 0) is 22.6 Å². The van der Waals surface area contributed by atoms with E-state index < -0.39 is 6.04 Å². The van der Waals surface area contributed by atoms with Crippen molar-refractivity contribution >= 4 is 22.6 Å². The largest absolute Gasteiger partial charge is 0.497 e. The lowest BCUT2D eigenvalue weighted by molar-refractivity contribution is -0.142. The first-order valence-corrected chi connectivity index (χ1v) is 13.3. The van der Waals surface area contributed by atoms with Crippen LogP contribution in [0.5, 0.6) is 11.5 Å². The van der Waals surface area contributed by atoms with Gasteiger partial charge < -0.3 is 19.7 Å². The zero-order valence-electron chi connectivity index (χ0n) is 22.8. The fourth-order valence-corrected chi connectivity index (χ4v) is 4.49. The molecule has 0 spiro atoms. The molecule has 39 heavy (non-hydrogen) atoms. The summed E-state index contributed by atoms with van der Waals surface area (Å²) in [5.41, 5.74) is 1.84. The highest BCUT2D eigenvalue weighted by atomic mass is 16.5. The molecular formula is C33H36N2O4. The maximum absolute atomic E-state index is 13.9. The van der Waals surface area contributed by atoms with Gasteiger partial charge in [0.2, 0.25) is 5.91 Å². The maximum atomic E-state index is 13.9. The number of nitrogens with zero attached hydrogens (tertiary/aromatic N) is 1. The van der Waals surface area contributed by atoms with Crippen LogP contribution in [-0.4, -0.2) is 43.0 Å². The third-order valence-electron chi connectivity index (χ3n) is 6.54. The summed E-state index contributed by atoms with van der Waals surface area (Å²) in [4.78, 5) is 29.1. The maximum Gasteiger partial charge on any atom is 0.261 e. The molecule has 2 amide bonds. The Morgan fingerprint density at radius 3 is 2.31 bits per heavy atom. The van der Waals surface area contributed by atoms with Gasteiger partial charge in [-0.25, -0.2) is 0 Å². The van der Waals surface area contributed by atoms with Gasteiger partial charge in [0, 0.05) is 24.9 Å². The lowest BCUT2D eigenvalue weighted by atomic mass is 10.0. The van der Waals surface area contributed by atoms with Gasteiger partial charge in [0.1, 0.15) is 17.5 Å². The van der Waals surface area contributed by atoms with Gasteiger partial charge in [-0.2, -0.15) is 0 Å². The van der Waals surface area contributed by atoms with Crippen LogP contribution in [0.25, 0.3) is 10.8 Å². The van der Waals surface area contributed by atoms with Crippen molar-refractivity contribution in [3.05, 3.63) is 108 Å². The lowest BCUT2D eigenvalue weighted by Gasteiger charge is -2.32. The van der Waals surface area contributed by atoms with Crippen LogP contribution in [0, 0.1) is 5.92 Å². The molecule has 0 heterocycles. The summed E-state index contributed by atoms with van der Waals surface area (Å²) in [5.74, 6) is 1.14. The van der Waals surface area contributed by atoms with Crippen LogP contribution in [0.4, 0.5) is 0 Å². The number of methoxy groups -OCH3 is 1. The predicted octanol–water partition coefficient (Wildman–Crippen LogP) is 5.64. The van der Waals surface area contributed by atoms with E-state index in [4.69, 9.17) is 9.47 Å². The molecule has 0 aliphatic carbocycles. The van der Waals surface area contributed by atoms with E-state index >= 15 is 0 Å². The summed E-state index contributed by atoms with van der Waals surface area (Å²) in [5, 5.41) is 5.01. The third-order valence-corrected chi connectivity index (χ3v) is 6.54. The van der Waals surface area contributed by atoms with Gasteiger partial charge in [-0.1, -0.05) is 92.7 Å². The van der Waals surface area contributed by atoms with Crippen molar-refractivity contribution in [2.24, 2.45) is 5.92 Å². The Kier molecular flexibility index (Phi) is 9.57. The number of hydrogen-bond donors (Lipinski definition) is 1. The molecule has 0 aliphatic rings. The van der Waals surface area contributed by atoms with Crippen LogP contribution >= 0.6 is 0 Å². The monoisotopic (exact) mass is 524 g/mol. The smallest absolute Gasteiger partial charge is 0.261 e. The number of rotatable bonds is 12. The highest BCUT2D eigenvalue weighted by Crippen LogP contribution is 2.25. The van der Waals surface area contributed by atoms with Crippen molar-refractivity contribution in [1.29, 1.82) is 0 Å². The Bertz CT molecular complexity index is 1380. The predicted molar refractivity (Wildman–Crippen MR) is 155 cm³/mol. The Labute approximate surface area is 230 Å². The molecule has 4 aromatic rings. The van der Waals surface area contributed by atoms with Crippen LogP contribution in [0.1, 0.15) is 25.0 Å². The Morgan fingerprint density at radius 1 is 0.846 bits per heavy atom. The first-order chi connectivity index (χ1) is 18.9. The Balaban J connectivity index is 1.65. The third kappa shape index (κ3) is 7.60. The van der Waals surface area contributed by atoms with Gasteiger partial charge in [0.15, 0.2) is 6.61 Å². The fraction of sp³-hybridized carbons (Fsp3) is 0.273. The van der Waals surface area contributed by atoms with Gasteiger partial charge >= 0.3 is 0 Å². The van der Waals surface area contributed by atoms with Gasteiger partial charge in [0.25, 0.3) is 5.91 Å². The molecule has 202 valence electrons. The zero-order valence-corrected chi connectivity index (χ0v) is 22.8. The Hall–Kier alpha value is -4.32. The minimum atomic E-state index is -0.721. The number of carbonyl (C=O) groups excluding carboxylic acids is 2. The summed E-state index contributed by atoms with van der Waals surface area (Å²) < 4.78 is 11.5. The Morgan fingerprint density at radius 2 is 1.54 bits per heavy atom. The molecule has 1 N–H and O–H groups in total. The number of amides is 2. The standard InChI is InChI=1S/C33H36N2O4/c1-24(2)21-34-33(37)30(20-25-11-5-4-6-12-25)35(22-26-13-9-16-28(19-26)38-3)32(36)23-39-31-18-10-15-27-14-7-8-17-29(27)31/h4-19,24,30H,20-23H2,1-3H3,(H,34,37)/t30-/m1/s1. The van der Waals surface area contributed by atoms with Gasteiger partial charge in [0.05, 0.1) is 7.11 Å². The molecule has 4 aromatic carbocycles. The second-order valence-corrected chi connectivity index (χ2v) is 9.98. The molecule has 4 rings (SSSR count). The van der Waals surface area contributed by atoms with Crippen LogP contribution in [0.2, 0.25) is 0 Å². The summed E-state index contributed by atoms with van der Waals surface area (Å²) in [6, 6.07) is 30.3. The SMILES string of the molecule is COc1cccc(CN(C(=O)COc2cccc3ccccc23)[C@H](Cc2ccccc2)C(=O)NCC(C)C)c1. The van der Waals surface area contributed by atoms with Crippen LogP contribution in [0.15, 0.2) is 97.1 Å². The molecule has 0 saturated carbocycles. The van der Waals surface area contributed by atoms with Crippen molar-refractivity contribution in [2.75, 3.05) is 20.3 Å². The summed E-state index contributed by atoms with van der Waals surface area (Å²) >= 11 is 0. The summed E-state index contributed by atoms with van der Waals surface area (Å²) in [7, 11) is 1.61. The topological polar surface area (TPSA) is 67.9 Å². The molecule has 0 bridgehead atoms. The fourth-order valence-electron chi connectivity index (χ4n) is 4.49. The number of nitrogens with one attached hydrogen (secondary N) is 1. The number of ether oxygens (including phenoxy) is 2. The average Bonchev–Trinajstić information content (AvgIpc) is 2.97. The van der Waals surface area contributed by atoms with Crippen molar-refractivity contribution in [1.82, 2.24) is 10.2 Å². The first kappa shape index (κ1) is 27.7. The van der Waals surface area contributed by atoms with Crippen molar-refractivity contribution in [3.8, 4) is 11.5 Å². The minimum Gasteiger partial charge on any atom is -0.497 e. The van der Waals surface area contributed by atoms with E-state index in [-0.39, 0.29) is 30.9 Å². The molecule has 0 radical (unpaired) electrons. The lowest BCUT2D eigenvalue weighted by Crippen LogP contribution is -2.52. The summed E-state index contributed by atoms with van der Waals surface area (Å²) in [6.45, 7) is 4.66. The molecule has 0 aromatic heterocycles. The van der Waals surface area contributed by atoms with E-state index in [1.165, 1.54) is 0 Å². The molecular weight excluding hydrogens is 488 g/mol. The highest BCUT2D eigenvalue weighted by Gasteiger charge is 2.31. The van der Waals surface area contributed by atoms with Crippen molar-refractivity contribution in [2.45, 2.75) is 32.9 Å². The van der Waals surface area contributed by atoms with Gasteiger partial charge in [-0.15, -0.1) is 0 Å². The van der Waals surface area contributed by atoms with Crippen LogP contribution < -0.4 is 14.8 Å². The number of carbonyl (C=O) groups is 2. The number of benzene rings is 4. The van der Waals surface area contributed by atoms with Crippen molar-refractivity contribution in [3.63, 3.8) is 0 Å². The quantitative estimate of drug-likeness (QED) is 0.261. The minimum absolute atomic E-state index is 0.186. The first-order valence-electron chi connectivity index (χ1n) is 13.3. The van der Waals surface area contributed by atoms with E-state index in [1.807, 2.05) is 111 Å². The molecule has 0 aliphatic heterocycles. The van der Waals surface area contributed by atoms with E-state index in [1.54, 1.807) is 12.0 Å². The van der Waals surface area contributed by atoms with E-state index in [2.05, 4.69) is 5.32 Å². The number of fused-ring (bicyclic) bond motifs is 1. The normalized spacial score (nSPS) is 11.7. The molecule has 1 atom stereocenters. The number of hydrogen-bond acceptors (Lipinski definition) is 4. The molecule has 6 nitrogen and oxygen atoms in total.